The highest BCUT2D eigenvalue weighted by Crippen LogP contribution is 2.15. The van der Waals surface area contributed by atoms with Crippen LogP contribution in [0.15, 0.2) is 24.3 Å². The zero-order valence-electron chi connectivity index (χ0n) is 33.2. The van der Waals surface area contributed by atoms with E-state index in [4.69, 9.17) is 9.47 Å². The third-order valence-electron chi connectivity index (χ3n) is 9.78. The number of carbonyl (C=O) groups excluding carboxylic acids is 1. The van der Waals surface area contributed by atoms with E-state index in [-0.39, 0.29) is 12.6 Å². The second-order valence-corrected chi connectivity index (χ2v) is 14.8. The molecule has 0 radical (unpaired) electrons. The summed E-state index contributed by atoms with van der Waals surface area (Å²) in [6.45, 7) is 5.35. The Kier molecular flexibility index (Phi) is 42.0. The van der Waals surface area contributed by atoms with Crippen molar-refractivity contribution in [2.24, 2.45) is 0 Å². The first-order valence-electron chi connectivity index (χ1n) is 21.9. The molecule has 0 spiro atoms. The van der Waals surface area contributed by atoms with Gasteiger partial charge in [0.05, 0.1) is 13.2 Å². The molecule has 290 valence electrons. The maximum absolute atomic E-state index is 12.2. The number of hydrogen-bond donors (Lipinski definition) is 1. The van der Waals surface area contributed by atoms with E-state index < -0.39 is 6.10 Å². The summed E-state index contributed by atoms with van der Waals surface area (Å²) in [7, 11) is 0. The van der Waals surface area contributed by atoms with E-state index >= 15 is 0 Å². The van der Waals surface area contributed by atoms with Crippen molar-refractivity contribution in [1.29, 1.82) is 0 Å². The van der Waals surface area contributed by atoms with Crippen molar-refractivity contribution in [2.75, 3.05) is 19.8 Å². The summed E-state index contributed by atoms with van der Waals surface area (Å²) in [5.74, 6) is -0.198. The molecule has 1 N–H and O–H groups in total. The fourth-order valence-corrected chi connectivity index (χ4v) is 6.48. The number of ether oxygens (including phenoxy) is 2. The molecule has 0 aromatic heterocycles. The Morgan fingerprint density at radius 3 is 1.29 bits per heavy atom. The molecule has 4 heteroatoms. The zero-order chi connectivity index (χ0) is 35.6. The number of carbonyl (C=O) groups is 1. The molecule has 0 aliphatic heterocycles. The topological polar surface area (TPSA) is 55.8 Å². The molecule has 0 aromatic carbocycles. The van der Waals surface area contributed by atoms with Crippen LogP contribution in [0.3, 0.4) is 0 Å². The van der Waals surface area contributed by atoms with Gasteiger partial charge in [0.15, 0.2) is 0 Å². The smallest absolute Gasteiger partial charge is 0.306 e. The maximum atomic E-state index is 12.2. The highest BCUT2D eigenvalue weighted by molar-refractivity contribution is 5.69. The number of allylic oxidation sites excluding steroid dienone is 4. The largest absolute Gasteiger partial charge is 0.457 e. The minimum Gasteiger partial charge on any atom is -0.457 e. The number of rotatable bonds is 41. The lowest BCUT2D eigenvalue weighted by Gasteiger charge is -2.16. The average molecular weight is 691 g/mol. The summed E-state index contributed by atoms with van der Waals surface area (Å²) >= 11 is 0. The molecule has 0 aliphatic rings. The van der Waals surface area contributed by atoms with E-state index in [1.165, 1.54) is 186 Å². The normalized spacial score (nSPS) is 12.5. The first-order valence-corrected chi connectivity index (χ1v) is 21.9. The Morgan fingerprint density at radius 2 is 0.857 bits per heavy atom. The van der Waals surface area contributed by atoms with Gasteiger partial charge in [0.25, 0.3) is 0 Å². The van der Waals surface area contributed by atoms with Crippen LogP contribution < -0.4 is 0 Å². The van der Waals surface area contributed by atoms with Gasteiger partial charge in [-0.1, -0.05) is 205 Å². The van der Waals surface area contributed by atoms with Crippen molar-refractivity contribution in [3.8, 4) is 0 Å². The third-order valence-corrected chi connectivity index (χ3v) is 9.78. The predicted octanol–water partition coefficient (Wildman–Crippen LogP) is 14.3. The van der Waals surface area contributed by atoms with Crippen LogP contribution in [-0.2, 0) is 14.3 Å². The molecular weight excluding hydrogens is 604 g/mol. The van der Waals surface area contributed by atoms with Gasteiger partial charge < -0.3 is 14.6 Å². The van der Waals surface area contributed by atoms with Gasteiger partial charge in [0.2, 0.25) is 0 Å². The molecule has 0 aliphatic carbocycles. The molecule has 0 saturated heterocycles. The minimum absolute atomic E-state index is 0.170. The Balaban J connectivity index is 3.40. The zero-order valence-corrected chi connectivity index (χ0v) is 33.2. The highest BCUT2D eigenvalue weighted by Gasteiger charge is 2.13. The summed E-state index contributed by atoms with van der Waals surface area (Å²) in [6, 6.07) is 0. The molecule has 4 nitrogen and oxygen atoms in total. The van der Waals surface area contributed by atoms with Crippen LogP contribution in [-0.4, -0.2) is 37.0 Å². The van der Waals surface area contributed by atoms with Crippen LogP contribution in [0.25, 0.3) is 0 Å². The van der Waals surface area contributed by atoms with Gasteiger partial charge >= 0.3 is 5.97 Å². The van der Waals surface area contributed by atoms with Crippen molar-refractivity contribution < 1.29 is 19.4 Å². The number of aliphatic hydroxyl groups excluding tert-OH is 1. The van der Waals surface area contributed by atoms with Gasteiger partial charge in [-0.3, -0.25) is 4.79 Å². The molecule has 0 rings (SSSR count). The lowest BCUT2D eigenvalue weighted by molar-refractivity contribution is -0.154. The summed E-state index contributed by atoms with van der Waals surface area (Å²) in [6.07, 6.45) is 52.4. The van der Waals surface area contributed by atoms with E-state index in [9.17, 15) is 9.90 Å². The van der Waals surface area contributed by atoms with Crippen LogP contribution in [0.1, 0.15) is 232 Å². The van der Waals surface area contributed by atoms with Gasteiger partial charge in [-0.2, -0.15) is 0 Å². The molecule has 1 atom stereocenters. The first kappa shape index (κ1) is 47.9. The molecule has 0 bridgehead atoms. The average Bonchev–Trinajstić information content (AvgIpc) is 3.11. The number of hydrogen-bond acceptors (Lipinski definition) is 4. The summed E-state index contributed by atoms with van der Waals surface area (Å²) in [4.78, 5) is 12.2. The third kappa shape index (κ3) is 41.2. The van der Waals surface area contributed by atoms with E-state index in [1.807, 2.05) is 0 Å². The molecule has 0 fully saturated rings. The molecule has 1 unspecified atom stereocenters. The molecule has 0 saturated carbocycles. The molecule has 0 aromatic rings. The molecule has 49 heavy (non-hydrogen) atoms. The summed E-state index contributed by atoms with van der Waals surface area (Å²) in [5, 5.41) is 9.60. The first-order chi connectivity index (χ1) is 24.2. The highest BCUT2D eigenvalue weighted by atomic mass is 16.6. The number of unbranched alkanes of at least 4 members (excludes halogenated alkanes) is 29. The second-order valence-electron chi connectivity index (χ2n) is 14.8. The number of aliphatic hydroxyl groups is 1. The molecule has 0 heterocycles. The Bertz CT molecular complexity index is 688. The quantitative estimate of drug-likeness (QED) is 0.0394. The Morgan fingerprint density at radius 1 is 0.490 bits per heavy atom. The van der Waals surface area contributed by atoms with Crippen molar-refractivity contribution in [3.63, 3.8) is 0 Å². The van der Waals surface area contributed by atoms with Crippen LogP contribution in [0.4, 0.5) is 0 Å². The van der Waals surface area contributed by atoms with E-state index in [1.54, 1.807) is 0 Å². The lowest BCUT2D eigenvalue weighted by Crippen LogP contribution is -2.27. The summed E-state index contributed by atoms with van der Waals surface area (Å²) in [5.41, 5.74) is 0. The molecule has 0 amide bonds. The Hall–Kier alpha value is -1.13. The van der Waals surface area contributed by atoms with Crippen molar-refractivity contribution >= 4 is 5.97 Å². The second kappa shape index (κ2) is 43.0. The van der Waals surface area contributed by atoms with Crippen LogP contribution >= 0.6 is 0 Å². The summed E-state index contributed by atoms with van der Waals surface area (Å²) < 4.78 is 11.2. The van der Waals surface area contributed by atoms with Crippen LogP contribution in [0.2, 0.25) is 0 Å². The van der Waals surface area contributed by atoms with Gasteiger partial charge in [-0.25, -0.2) is 0 Å². The van der Waals surface area contributed by atoms with Gasteiger partial charge in [0, 0.05) is 13.0 Å². The van der Waals surface area contributed by atoms with Crippen molar-refractivity contribution in [2.45, 2.75) is 238 Å². The SMILES string of the molecule is CCCCCC/C=C\C/C=C\CCCCCCCCCCOCC(CO)OC(=O)CCCCCCCCCCCCCCCCCCCC. The van der Waals surface area contributed by atoms with E-state index in [0.717, 1.165) is 25.7 Å². The van der Waals surface area contributed by atoms with E-state index in [2.05, 4.69) is 38.2 Å². The monoisotopic (exact) mass is 691 g/mol. The lowest BCUT2D eigenvalue weighted by atomic mass is 10.0. The molecular formula is C45H86O4. The fourth-order valence-electron chi connectivity index (χ4n) is 6.48. The Labute approximate surface area is 307 Å². The van der Waals surface area contributed by atoms with Crippen molar-refractivity contribution in [3.05, 3.63) is 24.3 Å². The fraction of sp³-hybridized carbons (Fsp3) is 0.889. The van der Waals surface area contributed by atoms with Gasteiger partial charge in [-0.15, -0.1) is 0 Å². The van der Waals surface area contributed by atoms with Crippen LogP contribution in [0, 0.1) is 0 Å². The minimum atomic E-state index is -0.533. The van der Waals surface area contributed by atoms with Gasteiger partial charge in [0.1, 0.15) is 6.10 Å². The van der Waals surface area contributed by atoms with Crippen molar-refractivity contribution in [1.82, 2.24) is 0 Å². The number of esters is 1. The standard InChI is InChI=1S/C45H86O4/c1-3-5-7-9-11-13-15-17-19-21-23-25-27-29-31-33-35-37-39-41-48-43-44(42-46)49-45(47)40-38-36-34-32-30-28-26-24-22-20-18-16-14-12-10-8-6-4-2/h13,15,19,21,44,46H,3-12,14,16-18,20,22-43H2,1-2H3/b15-13-,21-19-. The predicted molar refractivity (Wildman–Crippen MR) is 214 cm³/mol. The van der Waals surface area contributed by atoms with E-state index in [0.29, 0.717) is 19.6 Å². The van der Waals surface area contributed by atoms with Crippen LogP contribution in [0.5, 0.6) is 0 Å². The van der Waals surface area contributed by atoms with Gasteiger partial charge in [-0.05, 0) is 44.9 Å². The maximum Gasteiger partial charge on any atom is 0.306 e.